The molecule has 0 amide bonds. The molecule has 30 heavy (non-hydrogen) atoms. The van der Waals surface area contributed by atoms with Crippen molar-refractivity contribution >= 4 is 10.8 Å². The predicted octanol–water partition coefficient (Wildman–Crippen LogP) is 5.62. The molecule has 0 N–H and O–H groups in total. The Balaban J connectivity index is 1.43. The summed E-state index contributed by atoms with van der Waals surface area (Å²) in [5.41, 5.74) is 2.39. The Hall–Kier alpha value is -2.98. The first-order valence-electron chi connectivity index (χ1n) is 10.9. The van der Waals surface area contributed by atoms with E-state index in [2.05, 4.69) is 59.6 Å². The summed E-state index contributed by atoms with van der Waals surface area (Å²) in [6.07, 6.45) is 3.58. The number of piperidine rings is 1. The SMILES string of the molecule is CN1[C@@H]2CC[C@@H]1[C@H](c1nc(-c3ccccc3)no1)[C@H](c1ccc3ccccc3c1)C2. The maximum absolute atomic E-state index is 5.91. The standard InChI is InChI=1S/C26H25N3O/c1-29-21-13-14-23(29)24(26-27-25(28-30-26)18-8-3-2-4-9-18)22(16-21)20-12-11-17-7-5-6-10-19(17)15-20/h2-12,15,21-24H,13-14,16H2,1H3/t21-,22+,23-,24-/m1/s1. The summed E-state index contributed by atoms with van der Waals surface area (Å²) in [5.74, 6) is 2.09. The average molecular weight is 396 g/mol. The first-order chi connectivity index (χ1) is 14.8. The van der Waals surface area contributed by atoms with E-state index in [1.165, 1.54) is 29.2 Å². The number of hydrogen-bond donors (Lipinski definition) is 0. The van der Waals surface area contributed by atoms with Crippen LogP contribution in [0.15, 0.2) is 77.3 Å². The molecule has 3 heterocycles. The highest BCUT2D eigenvalue weighted by atomic mass is 16.5. The van der Waals surface area contributed by atoms with Crippen LogP contribution in [0, 0.1) is 0 Å². The van der Waals surface area contributed by atoms with Gasteiger partial charge in [0.1, 0.15) is 0 Å². The van der Waals surface area contributed by atoms with Gasteiger partial charge in [-0.1, -0.05) is 78.0 Å². The first-order valence-corrected chi connectivity index (χ1v) is 10.9. The molecule has 2 fully saturated rings. The van der Waals surface area contributed by atoms with Crippen molar-refractivity contribution in [2.75, 3.05) is 7.05 Å². The van der Waals surface area contributed by atoms with Gasteiger partial charge in [-0.15, -0.1) is 0 Å². The fourth-order valence-corrected chi connectivity index (χ4v) is 5.66. The lowest BCUT2D eigenvalue weighted by atomic mass is 9.75. The summed E-state index contributed by atoms with van der Waals surface area (Å²) in [7, 11) is 2.26. The van der Waals surface area contributed by atoms with Crippen molar-refractivity contribution in [3.8, 4) is 11.4 Å². The largest absolute Gasteiger partial charge is 0.339 e. The van der Waals surface area contributed by atoms with E-state index in [4.69, 9.17) is 9.51 Å². The molecule has 6 rings (SSSR count). The number of nitrogens with zero attached hydrogens (tertiary/aromatic N) is 3. The van der Waals surface area contributed by atoms with Crippen molar-refractivity contribution in [3.05, 3.63) is 84.3 Å². The van der Waals surface area contributed by atoms with E-state index in [-0.39, 0.29) is 5.92 Å². The van der Waals surface area contributed by atoms with Crippen LogP contribution in [0.1, 0.15) is 42.6 Å². The van der Waals surface area contributed by atoms with Crippen LogP contribution < -0.4 is 0 Å². The maximum atomic E-state index is 5.91. The number of aromatic nitrogens is 2. The van der Waals surface area contributed by atoms with Gasteiger partial charge in [0.15, 0.2) is 0 Å². The Morgan fingerprint density at radius 3 is 2.57 bits per heavy atom. The average Bonchev–Trinajstić information content (AvgIpc) is 3.36. The van der Waals surface area contributed by atoms with Crippen LogP contribution in [0.25, 0.3) is 22.2 Å². The van der Waals surface area contributed by atoms with Gasteiger partial charge < -0.3 is 4.52 Å². The van der Waals surface area contributed by atoms with Crippen LogP contribution in [0.2, 0.25) is 0 Å². The van der Waals surface area contributed by atoms with Gasteiger partial charge in [-0.2, -0.15) is 4.98 Å². The molecule has 4 aromatic rings. The van der Waals surface area contributed by atoms with Gasteiger partial charge in [0.2, 0.25) is 11.7 Å². The zero-order valence-electron chi connectivity index (χ0n) is 17.1. The van der Waals surface area contributed by atoms with Crippen molar-refractivity contribution in [3.63, 3.8) is 0 Å². The molecule has 2 bridgehead atoms. The van der Waals surface area contributed by atoms with Gasteiger partial charge in [0.25, 0.3) is 0 Å². The van der Waals surface area contributed by atoms with E-state index in [1.807, 2.05) is 30.3 Å². The fraction of sp³-hybridized carbons (Fsp3) is 0.308. The third kappa shape index (κ3) is 2.86. The monoisotopic (exact) mass is 395 g/mol. The lowest BCUT2D eigenvalue weighted by Gasteiger charge is -2.41. The van der Waals surface area contributed by atoms with Crippen molar-refractivity contribution in [2.45, 2.75) is 43.2 Å². The Kier molecular flexibility index (Phi) is 4.20. The van der Waals surface area contributed by atoms with Gasteiger partial charge >= 0.3 is 0 Å². The predicted molar refractivity (Wildman–Crippen MR) is 118 cm³/mol. The molecule has 4 atom stereocenters. The van der Waals surface area contributed by atoms with E-state index in [9.17, 15) is 0 Å². The van der Waals surface area contributed by atoms with Gasteiger partial charge in [-0.25, -0.2) is 0 Å². The zero-order valence-corrected chi connectivity index (χ0v) is 17.1. The minimum absolute atomic E-state index is 0.222. The van der Waals surface area contributed by atoms with E-state index in [0.29, 0.717) is 23.8 Å². The van der Waals surface area contributed by atoms with Crippen LogP contribution >= 0.6 is 0 Å². The van der Waals surface area contributed by atoms with Crippen LogP contribution in [-0.2, 0) is 0 Å². The van der Waals surface area contributed by atoms with E-state index >= 15 is 0 Å². The second-order valence-electron chi connectivity index (χ2n) is 8.76. The van der Waals surface area contributed by atoms with Crippen molar-refractivity contribution in [1.82, 2.24) is 15.0 Å². The Morgan fingerprint density at radius 1 is 0.900 bits per heavy atom. The number of rotatable bonds is 3. The molecule has 4 heteroatoms. The minimum Gasteiger partial charge on any atom is -0.339 e. The molecule has 0 aliphatic carbocycles. The van der Waals surface area contributed by atoms with Crippen molar-refractivity contribution in [2.24, 2.45) is 0 Å². The molecule has 0 spiro atoms. The molecule has 2 saturated heterocycles. The second kappa shape index (κ2) is 7.06. The fourth-order valence-electron chi connectivity index (χ4n) is 5.66. The molecule has 0 radical (unpaired) electrons. The molecule has 0 unspecified atom stereocenters. The Morgan fingerprint density at radius 2 is 1.70 bits per heavy atom. The van der Waals surface area contributed by atoms with Crippen LogP contribution in [0.4, 0.5) is 0 Å². The molecular weight excluding hydrogens is 370 g/mol. The molecule has 3 aromatic carbocycles. The maximum Gasteiger partial charge on any atom is 0.232 e. The van der Waals surface area contributed by atoms with Crippen LogP contribution in [0.5, 0.6) is 0 Å². The topological polar surface area (TPSA) is 42.2 Å². The smallest absolute Gasteiger partial charge is 0.232 e. The highest BCUT2D eigenvalue weighted by molar-refractivity contribution is 5.83. The quantitative estimate of drug-likeness (QED) is 0.451. The Labute approximate surface area is 176 Å². The number of fused-ring (bicyclic) bond motifs is 3. The number of likely N-dealkylation sites (N-methyl/N-ethyl adjacent to an activating group) is 1. The Bertz CT molecular complexity index is 1190. The molecular formula is C26H25N3O. The molecule has 0 saturated carbocycles. The number of benzene rings is 3. The van der Waals surface area contributed by atoms with Gasteiger partial charge in [0.05, 0.1) is 5.92 Å². The van der Waals surface area contributed by atoms with Gasteiger partial charge in [0, 0.05) is 17.6 Å². The third-order valence-electron chi connectivity index (χ3n) is 7.23. The molecule has 2 aliphatic heterocycles. The third-order valence-corrected chi connectivity index (χ3v) is 7.23. The summed E-state index contributed by atoms with van der Waals surface area (Å²) in [5, 5.41) is 6.93. The molecule has 1 aromatic heterocycles. The van der Waals surface area contributed by atoms with Gasteiger partial charge in [-0.3, -0.25) is 4.90 Å². The first kappa shape index (κ1) is 17.8. The van der Waals surface area contributed by atoms with E-state index in [1.54, 1.807) is 0 Å². The van der Waals surface area contributed by atoms with Crippen LogP contribution in [0.3, 0.4) is 0 Å². The summed E-state index contributed by atoms with van der Waals surface area (Å²) in [6.45, 7) is 0. The van der Waals surface area contributed by atoms with Gasteiger partial charge in [-0.05, 0) is 48.6 Å². The summed E-state index contributed by atoms with van der Waals surface area (Å²) in [6, 6.07) is 26.7. The highest BCUT2D eigenvalue weighted by Crippen LogP contribution is 2.50. The van der Waals surface area contributed by atoms with Crippen LogP contribution in [-0.4, -0.2) is 34.2 Å². The molecule has 4 nitrogen and oxygen atoms in total. The lowest BCUT2D eigenvalue weighted by molar-refractivity contribution is 0.120. The number of hydrogen-bond acceptors (Lipinski definition) is 4. The second-order valence-corrected chi connectivity index (χ2v) is 8.76. The van der Waals surface area contributed by atoms with E-state index in [0.717, 1.165) is 17.9 Å². The molecule has 150 valence electrons. The molecule has 2 aliphatic rings. The summed E-state index contributed by atoms with van der Waals surface area (Å²) >= 11 is 0. The van der Waals surface area contributed by atoms with Crippen molar-refractivity contribution in [1.29, 1.82) is 0 Å². The summed E-state index contributed by atoms with van der Waals surface area (Å²) < 4.78 is 5.91. The summed E-state index contributed by atoms with van der Waals surface area (Å²) in [4.78, 5) is 7.44. The van der Waals surface area contributed by atoms with Crippen molar-refractivity contribution < 1.29 is 4.52 Å². The minimum atomic E-state index is 0.222. The zero-order chi connectivity index (χ0) is 20.1. The normalized spacial score (nSPS) is 26.3. The highest BCUT2D eigenvalue weighted by Gasteiger charge is 2.48. The van der Waals surface area contributed by atoms with E-state index < -0.39 is 0 Å². The lowest BCUT2D eigenvalue weighted by Crippen LogP contribution is -2.44.